The highest BCUT2D eigenvalue weighted by molar-refractivity contribution is 5.73. The maximum atomic E-state index is 10.6. The van der Waals surface area contributed by atoms with E-state index in [-0.39, 0.29) is 13.1 Å². The third-order valence-electron chi connectivity index (χ3n) is 4.66. The molecule has 198 valence electrons. The Labute approximate surface area is 200 Å². The van der Waals surface area contributed by atoms with Gasteiger partial charge >= 0.3 is 29.8 Å². The van der Waals surface area contributed by atoms with Crippen LogP contribution in [0.5, 0.6) is 0 Å². The van der Waals surface area contributed by atoms with Crippen LogP contribution in [0.2, 0.25) is 0 Å². The van der Waals surface area contributed by atoms with Gasteiger partial charge in [-0.05, 0) is 6.42 Å². The molecule has 0 aliphatic heterocycles. The molecule has 0 aliphatic carbocycles. The second kappa shape index (κ2) is 22.1. The first-order valence-electron chi connectivity index (χ1n) is 11.5. The fraction of sp³-hybridized carbons (Fsp3) is 0.773. The molecular formula is C22H40N2O10. The van der Waals surface area contributed by atoms with Gasteiger partial charge in [0.1, 0.15) is 0 Å². The van der Waals surface area contributed by atoms with Crippen LogP contribution in [0.3, 0.4) is 0 Å². The van der Waals surface area contributed by atoms with Crippen molar-refractivity contribution < 1.29 is 49.5 Å². The fourth-order valence-electron chi connectivity index (χ4n) is 3.06. The van der Waals surface area contributed by atoms with Gasteiger partial charge in [-0.1, -0.05) is 58.3 Å². The topological polar surface area (TPSA) is 193 Å². The second-order valence-electron chi connectivity index (χ2n) is 7.97. The molecule has 0 aromatic carbocycles. The minimum Gasteiger partial charge on any atom is -0.481 e. The number of nitrogens with zero attached hydrogens (tertiary/aromatic N) is 2. The highest BCUT2D eigenvalue weighted by Gasteiger charge is 2.18. The molecule has 0 bridgehead atoms. The van der Waals surface area contributed by atoms with Crippen molar-refractivity contribution in [3.8, 4) is 0 Å². The molecule has 0 saturated carbocycles. The largest absolute Gasteiger partial charge is 0.481 e. The lowest BCUT2D eigenvalue weighted by molar-refractivity contribution is -0.145. The van der Waals surface area contributed by atoms with Crippen LogP contribution >= 0.6 is 0 Å². The monoisotopic (exact) mass is 492 g/mol. The highest BCUT2D eigenvalue weighted by atomic mass is 16.4. The number of carboxylic acids is 5. The lowest BCUT2D eigenvalue weighted by Gasteiger charge is -2.23. The molecule has 0 spiro atoms. The molecule has 0 rings (SSSR count). The average molecular weight is 493 g/mol. The van der Waals surface area contributed by atoms with Crippen LogP contribution < -0.4 is 0 Å². The summed E-state index contributed by atoms with van der Waals surface area (Å²) in [6.07, 6.45) is 11.5. The zero-order chi connectivity index (χ0) is 26.4. The second-order valence-corrected chi connectivity index (χ2v) is 7.97. The van der Waals surface area contributed by atoms with Crippen LogP contribution in [0.1, 0.15) is 71.1 Å². The first-order chi connectivity index (χ1) is 16.0. The molecule has 0 amide bonds. The Kier molecular flexibility index (Phi) is 21.7. The van der Waals surface area contributed by atoms with Crippen molar-refractivity contribution in [2.24, 2.45) is 0 Å². The lowest BCUT2D eigenvalue weighted by atomic mass is 10.1. The highest BCUT2D eigenvalue weighted by Crippen LogP contribution is 2.10. The van der Waals surface area contributed by atoms with E-state index >= 15 is 0 Å². The van der Waals surface area contributed by atoms with Gasteiger partial charge in [0.05, 0.1) is 26.2 Å². The van der Waals surface area contributed by atoms with Gasteiger partial charge in [-0.3, -0.25) is 33.8 Å². The Morgan fingerprint density at radius 3 is 1.03 bits per heavy atom. The number of unbranched alkanes of at least 4 members (excludes halogenated alkanes) is 8. The SMILES string of the molecule is CCCCCCCCCCCC(=O)O.O=C(O)CN(CCN(CC(=O)O)CC(=O)O)CC(=O)O. The molecule has 0 atom stereocenters. The summed E-state index contributed by atoms with van der Waals surface area (Å²) in [6.45, 7) is -0.0225. The molecule has 12 heteroatoms. The summed E-state index contributed by atoms with van der Waals surface area (Å²) in [7, 11) is 0. The molecule has 5 N–H and O–H groups in total. The van der Waals surface area contributed by atoms with E-state index in [2.05, 4.69) is 6.92 Å². The Bertz CT molecular complexity index is 544. The van der Waals surface area contributed by atoms with Crippen molar-refractivity contribution >= 4 is 29.8 Å². The molecule has 34 heavy (non-hydrogen) atoms. The molecule has 0 fully saturated rings. The van der Waals surface area contributed by atoms with Gasteiger partial charge in [0.15, 0.2) is 0 Å². The molecule has 0 aromatic rings. The van der Waals surface area contributed by atoms with E-state index in [9.17, 15) is 24.0 Å². The van der Waals surface area contributed by atoms with Gasteiger partial charge in [-0.25, -0.2) is 0 Å². The van der Waals surface area contributed by atoms with Crippen molar-refractivity contribution in [3.63, 3.8) is 0 Å². The van der Waals surface area contributed by atoms with Crippen molar-refractivity contribution in [3.05, 3.63) is 0 Å². The smallest absolute Gasteiger partial charge is 0.317 e. The summed E-state index contributed by atoms with van der Waals surface area (Å²) in [4.78, 5) is 54.6. The first-order valence-corrected chi connectivity index (χ1v) is 11.5. The van der Waals surface area contributed by atoms with E-state index in [0.717, 1.165) is 22.6 Å². The number of rotatable bonds is 21. The van der Waals surface area contributed by atoms with Crippen molar-refractivity contribution in [1.82, 2.24) is 9.80 Å². The minimum absolute atomic E-state index is 0.0703. The van der Waals surface area contributed by atoms with Crippen LogP contribution in [-0.4, -0.2) is 104 Å². The molecule has 0 unspecified atom stereocenters. The summed E-state index contributed by atoms with van der Waals surface area (Å²) in [5, 5.41) is 42.9. The van der Waals surface area contributed by atoms with E-state index < -0.39 is 56.0 Å². The van der Waals surface area contributed by atoms with Crippen LogP contribution in [0, 0.1) is 0 Å². The Morgan fingerprint density at radius 1 is 0.471 bits per heavy atom. The Balaban J connectivity index is 0. The number of hydrogen-bond acceptors (Lipinski definition) is 7. The Morgan fingerprint density at radius 2 is 0.765 bits per heavy atom. The van der Waals surface area contributed by atoms with Crippen molar-refractivity contribution in [2.75, 3.05) is 39.3 Å². The van der Waals surface area contributed by atoms with Gasteiger partial charge in [0.25, 0.3) is 0 Å². The van der Waals surface area contributed by atoms with Crippen LogP contribution in [0.4, 0.5) is 0 Å². The molecule has 0 radical (unpaired) electrons. The predicted molar refractivity (Wildman–Crippen MR) is 123 cm³/mol. The molecular weight excluding hydrogens is 452 g/mol. The van der Waals surface area contributed by atoms with E-state index in [1.165, 1.54) is 44.9 Å². The predicted octanol–water partition coefficient (Wildman–Crippen LogP) is 1.92. The van der Waals surface area contributed by atoms with Gasteiger partial charge in [-0.15, -0.1) is 0 Å². The molecule has 0 heterocycles. The van der Waals surface area contributed by atoms with Crippen molar-refractivity contribution in [1.29, 1.82) is 0 Å². The number of aliphatic carboxylic acids is 5. The maximum absolute atomic E-state index is 10.6. The quantitative estimate of drug-likeness (QED) is 0.146. The molecule has 12 nitrogen and oxygen atoms in total. The number of carbonyl (C=O) groups is 5. The standard InChI is InChI=1S/C12H24O2.C10H16N2O8/c1-2-3-4-5-6-7-8-9-10-11-12(13)14;13-7(14)3-11(4-8(15)16)1-2-12(5-9(17)18)6-10(19)20/h2-11H2,1H3,(H,13,14);1-6H2,(H,13,14)(H,15,16)(H,17,18)(H,19,20). The number of carboxylic acid groups (broad SMARTS) is 5. The van der Waals surface area contributed by atoms with Gasteiger partial charge < -0.3 is 25.5 Å². The van der Waals surface area contributed by atoms with Crippen molar-refractivity contribution in [2.45, 2.75) is 71.1 Å². The van der Waals surface area contributed by atoms with Crippen LogP contribution in [0.25, 0.3) is 0 Å². The van der Waals surface area contributed by atoms with Gasteiger partial charge in [-0.2, -0.15) is 0 Å². The molecule has 0 saturated heterocycles. The van der Waals surface area contributed by atoms with E-state index in [1.807, 2.05) is 0 Å². The van der Waals surface area contributed by atoms with Gasteiger partial charge in [0.2, 0.25) is 0 Å². The van der Waals surface area contributed by atoms with Gasteiger partial charge in [0, 0.05) is 19.5 Å². The van der Waals surface area contributed by atoms with E-state index in [1.54, 1.807) is 0 Å². The third kappa shape index (κ3) is 27.3. The normalized spacial score (nSPS) is 10.6. The molecule has 0 aliphatic rings. The minimum atomic E-state index is -1.23. The van der Waals surface area contributed by atoms with E-state index in [0.29, 0.717) is 6.42 Å². The summed E-state index contributed by atoms with van der Waals surface area (Å²) in [5.41, 5.74) is 0. The van der Waals surface area contributed by atoms with Crippen LogP contribution in [-0.2, 0) is 24.0 Å². The zero-order valence-corrected chi connectivity index (χ0v) is 20.0. The molecule has 0 aromatic heterocycles. The summed E-state index contributed by atoms with van der Waals surface area (Å²) in [5.74, 6) is -5.57. The summed E-state index contributed by atoms with van der Waals surface area (Å²) < 4.78 is 0. The van der Waals surface area contributed by atoms with E-state index in [4.69, 9.17) is 25.5 Å². The van der Waals surface area contributed by atoms with Crippen LogP contribution in [0.15, 0.2) is 0 Å². The fourth-order valence-corrected chi connectivity index (χ4v) is 3.06. The zero-order valence-electron chi connectivity index (χ0n) is 20.0. The number of hydrogen-bond donors (Lipinski definition) is 5. The third-order valence-corrected chi connectivity index (χ3v) is 4.66. The lowest BCUT2D eigenvalue weighted by Crippen LogP contribution is -2.43. The summed E-state index contributed by atoms with van der Waals surface area (Å²) >= 11 is 0. The average Bonchev–Trinajstić information content (AvgIpc) is 2.69. The maximum Gasteiger partial charge on any atom is 0.317 e. The summed E-state index contributed by atoms with van der Waals surface area (Å²) in [6, 6.07) is 0. The Hall–Kier alpha value is -2.73. The first kappa shape index (κ1) is 33.4.